The highest BCUT2D eigenvalue weighted by molar-refractivity contribution is 7.87. The average Bonchev–Trinajstić information content (AvgIpc) is 2.73. The SMILES string of the molecule is Cc1ccc(S(=O)(=O)Oc2ccccc2/C=C(\C#N)c2ccc([N+](=O)[O-])cc2)cc1. The Hall–Kier alpha value is -3.96. The van der Waals surface area contributed by atoms with Gasteiger partial charge in [0.1, 0.15) is 10.6 Å². The van der Waals surface area contributed by atoms with Crippen molar-refractivity contribution < 1.29 is 17.5 Å². The third kappa shape index (κ3) is 4.71. The van der Waals surface area contributed by atoms with Crippen LogP contribution >= 0.6 is 0 Å². The minimum Gasteiger partial charge on any atom is -0.378 e. The number of nitrogens with zero attached hydrogens (tertiary/aromatic N) is 2. The Balaban J connectivity index is 1.96. The molecule has 150 valence electrons. The summed E-state index contributed by atoms with van der Waals surface area (Å²) in [7, 11) is -4.06. The molecule has 0 aromatic heterocycles. The summed E-state index contributed by atoms with van der Waals surface area (Å²) in [6.45, 7) is 1.85. The Morgan fingerprint density at radius 2 is 1.67 bits per heavy atom. The van der Waals surface area contributed by atoms with Crippen LogP contribution in [0.25, 0.3) is 11.6 Å². The molecule has 0 atom stereocenters. The van der Waals surface area contributed by atoms with E-state index in [9.17, 15) is 23.8 Å². The van der Waals surface area contributed by atoms with Crippen LogP contribution in [0.2, 0.25) is 0 Å². The molecule has 0 saturated carbocycles. The highest BCUT2D eigenvalue weighted by Crippen LogP contribution is 2.28. The van der Waals surface area contributed by atoms with Gasteiger partial charge in [-0.1, -0.05) is 35.9 Å². The van der Waals surface area contributed by atoms with Crippen LogP contribution in [-0.2, 0) is 10.1 Å². The van der Waals surface area contributed by atoms with Gasteiger partial charge < -0.3 is 4.18 Å². The number of nitro groups is 1. The number of non-ortho nitro benzene ring substituents is 1. The lowest BCUT2D eigenvalue weighted by molar-refractivity contribution is -0.384. The Labute approximate surface area is 173 Å². The molecule has 0 fully saturated rings. The van der Waals surface area contributed by atoms with Crippen LogP contribution in [0, 0.1) is 28.4 Å². The first-order valence-electron chi connectivity index (χ1n) is 8.77. The lowest BCUT2D eigenvalue weighted by Gasteiger charge is -2.10. The number of hydrogen-bond acceptors (Lipinski definition) is 6. The van der Waals surface area contributed by atoms with Gasteiger partial charge in [0.15, 0.2) is 0 Å². The van der Waals surface area contributed by atoms with Crippen molar-refractivity contribution in [3.05, 3.63) is 99.6 Å². The zero-order valence-electron chi connectivity index (χ0n) is 15.8. The van der Waals surface area contributed by atoms with Crippen LogP contribution in [0.4, 0.5) is 5.69 Å². The first-order chi connectivity index (χ1) is 14.3. The van der Waals surface area contributed by atoms with Crippen LogP contribution in [-0.4, -0.2) is 13.3 Å². The summed E-state index contributed by atoms with van der Waals surface area (Å²) in [5.41, 5.74) is 1.86. The maximum atomic E-state index is 12.6. The Morgan fingerprint density at radius 1 is 1.03 bits per heavy atom. The highest BCUT2D eigenvalue weighted by atomic mass is 32.2. The van der Waals surface area contributed by atoms with Gasteiger partial charge in [-0.2, -0.15) is 13.7 Å². The molecule has 0 unspecified atom stereocenters. The number of aryl methyl sites for hydroxylation is 1. The van der Waals surface area contributed by atoms with Gasteiger partial charge in [0.05, 0.1) is 16.6 Å². The van der Waals surface area contributed by atoms with Crippen molar-refractivity contribution in [3.63, 3.8) is 0 Å². The van der Waals surface area contributed by atoms with E-state index in [1.165, 1.54) is 48.5 Å². The predicted octanol–water partition coefficient (Wildman–Crippen LogP) is 4.74. The second-order valence-corrected chi connectivity index (χ2v) is 7.91. The molecule has 0 aliphatic heterocycles. The van der Waals surface area contributed by atoms with E-state index in [1.54, 1.807) is 30.3 Å². The molecule has 3 rings (SSSR count). The lowest BCUT2D eigenvalue weighted by Crippen LogP contribution is -2.10. The molecule has 0 N–H and O–H groups in total. The van der Waals surface area contributed by atoms with Gasteiger partial charge in [-0.3, -0.25) is 10.1 Å². The molecule has 30 heavy (non-hydrogen) atoms. The van der Waals surface area contributed by atoms with Crippen molar-refractivity contribution in [2.45, 2.75) is 11.8 Å². The molecular weight excluding hydrogens is 404 g/mol. The van der Waals surface area contributed by atoms with E-state index in [4.69, 9.17) is 4.18 Å². The topological polar surface area (TPSA) is 110 Å². The molecule has 3 aromatic carbocycles. The molecule has 0 spiro atoms. The summed E-state index contributed by atoms with van der Waals surface area (Å²) in [6, 6.07) is 20.2. The van der Waals surface area contributed by atoms with Gasteiger partial charge in [-0.05, 0) is 48.9 Å². The fraction of sp³-hybridized carbons (Fsp3) is 0.0455. The molecule has 0 aliphatic carbocycles. The normalized spacial score (nSPS) is 11.5. The van der Waals surface area contributed by atoms with Crippen LogP contribution < -0.4 is 4.18 Å². The maximum Gasteiger partial charge on any atom is 0.339 e. The fourth-order valence-electron chi connectivity index (χ4n) is 2.65. The molecule has 7 nitrogen and oxygen atoms in total. The van der Waals surface area contributed by atoms with Gasteiger partial charge in [0.2, 0.25) is 0 Å². The number of hydrogen-bond donors (Lipinski definition) is 0. The molecule has 0 heterocycles. The number of nitro benzene ring substituents is 1. The number of benzene rings is 3. The minimum absolute atomic E-state index is 0.0164. The van der Waals surface area contributed by atoms with Crippen molar-refractivity contribution >= 4 is 27.5 Å². The standard InChI is InChI=1S/C22H16N2O5S/c1-16-6-12-21(13-7-16)30(27,28)29-22-5-3-2-4-18(22)14-19(15-23)17-8-10-20(11-9-17)24(25)26/h2-14H,1H3/b19-14+. The van der Waals surface area contributed by atoms with Gasteiger partial charge in [-0.25, -0.2) is 0 Å². The van der Waals surface area contributed by atoms with Crippen molar-refractivity contribution in [2.24, 2.45) is 0 Å². The average molecular weight is 420 g/mol. The molecular formula is C22H16N2O5S. The molecule has 0 aliphatic rings. The first kappa shape index (κ1) is 20.8. The van der Waals surface area contributed by atoms with Crippen molar-refractivity contribution in [1.29, 1.82) is 5.26 Å². The Bertz CT molecular complexity index is 1260. The van der Waals surface area contributed by atoms with E-state index in [0.717, 1.165) is 5.56 Å². The van der Waals surface area contributed by atoms with Crippen LogP contribution in [0.5, 0.6) is 5.75 Å². The summed E-state index contributed by atoms with van der Waals surface area (Å²) in [6.07, 6.45) is 1.47. The van der Waals surface area contributed by atoms with Crippen molar-refractivity contribution in [2.75, 3.05) is 0 Å². The van der Waals surface area contributed by atoms with Gasteiger partial charge in [0.25, 0.3) is 5.69 Å². The summed E-state index contributed by atoms with van der Waals surface area (Å²) in [4.78, 5) is 10.3. The fourth-order valence-corrected chi connectivity index (χ4v) is 3.60. The van der Waals surface area contributed by atoms with E-state index in [-0.39, 0.29) is 21.9 Å². The third-order valence-corrected chi connectivity index (χ3v) is 5.49. The van der Waals surface area contributed by atoms with Gasteiger partial charge in [-0.15, -0.1) is 0 Å². The van der Waals surface area contributed by atoms with E-state index >= 15 is 0 Å². The zero-order valence-corrected chi connectivity index (χ0v) is 16.7. The molecule has 0 saturated heterocycles. The molecule has 0 bridgehead atoms. The molecule has 8 heteroatoms. The summed E-state index contributed by atoms with van der Waals surface area (Å²) < 4.78 is 30.6. The summed E-state index contributed by atoms with van der Waals surface area (Å²) in [5.74, 6) is 0.0627. The monoisotopic (exact) mass is 420 g/mol. The second kappa shape index (κ2) is 8.59. The summed E-state index contributed by atoms with van der Waals surface area (Å²) >= 11 is 0. The number of para-hydroxylation sites is 1. The molecule has 3 aromatic rings. The number of rotatable bonds is 6. The highest BCUT2D eigenvalue weighted by Gasteiger charge is 2.18. The predicted molar refractivity (Wildman–Crippen MR) is 112 cm³/mol. The van der Waals surface area contributed by atoms with Gasteiger partial charge in [0, 0.05) is 17.7 Å². The number of nitriles is 1. The number of allylic oxidation sites excluding steroid dienone is 1. The van der Waals surface area contributed by atoms with Crippen LogP contribution in [0.3, 0.4) is 0 Å². The Kier molecular flexibility index (Phi) is 5.95. The van der Waals surface area contributed by atoms with Crippen molar-refractivity contribution in [1.82, 2.24) is 0 Å². The smallest absolute Gasteiger partial charge is 0.339 e. The Morgan fingerprint density at radius 3 is 2.27 bits per heavy atom. The van der Waals surface area contributed by atoms with E-state index in [0.29, 0.717) is 11.1 Å². The minimum atomic E-state index is -4.06. The van der Waals surface area contributed by atoms with E-state index in [1.807, 2.05) is 13.0 Å². The lowest BCUT2D eigenvalue weighted by atomic mass is 10.0. The van der Waals surface area contributed by atoms with Crippen LogP contribution in [0.15, 0.2) is 77.7 Å². The van der Waals surface area contributed by atoms with E-state index in [2.05, 4.69) is 0 Å². The summed E-state index contributed by atoms with van der Waals surface area (Å²) in [5, 5.41) is 20.3. The van der Waals surface area contributed by atoms with Gasteiger partial charge >= 0.3 is 10.1 Å². The third-order valence-electron chi connectivity index (χ3n) is 4.24. The van der Waals surface area contributed by atoms with Crippen molar-refractivity contribution in [3.8, 4) is 11.8 Å². The van der Waals surface area contributed by atoms with E-state index < -0.39 is 15.0 Å². The van der Waals surface area contributed by atoms with Crippen LogP contribution in [0.1, 0.15) is 16.7 Å². The molecule has 0 amide bonds. The quantitative estimate of drug-likeness (QED) is 0.187. The largest absolute Gasteiger partial charge is 0.378 e. The zero-order chi connectivity index (χ0) is 21.7. The first-order valence-corrected chi connectivity index (χ1v) is 10.2. The second-order valence-electron chi connectivity index (χ2n) is 6.36. The molecule has 0 radical (unpaired) electrons. The maximum absolute atomic E-state index is 12.6.